The van der Waals surface area contributed by atoms with E-state index in [0.717, 1.165) is 12.8 Å². The zero-order valence-electron chi connectivity index (χ0n) is 11.9. The molecule has 0 spiro atoms. The minimum Gasteiger partial charge on any atom is -0.459 e. The van der Waals surface area contributed by atoms with Crippen LogP contribution in [0.3, 0.4) is 0 Å². The van der Waals surface area contributed by atoms with Crippen molar-refractivity contribution in [1.82, 2.24) is 0 Å². The normalized spacial score (nSPS) is 33.1. The van der Waals surface area contributed by atoms with E-state index >= 15 is 0 Å². The number of hydrogen-bond donors (Lipinski definition) is 0. The Kier molecular flexibility index (Phi) is 4.06. The first-order chi connectivity index (χ1) is 7.79. The molecule has 3 unspecified atom stereocenters. The monoisotopic (exact) mass is 238 g/mol. The molecule has 3 atom stereocenters. The molecule has 0 bridgehead atoms. The van der Waals surface area contributed by atoms with Gasteiger partial charge in [-0.05, 0) is 30.6 Å². The van der Waals surface area contributed by atoms with Crippen LogP contribution in [-0.2, 0) is 9.53 Å². The van der Waals surface area contributed by atoms with Crippen LogP contribution in [0.5, 0.6) is 0 Å². The third-order valence-electron chi connectivity index (χ3n) is 5.31. The maximum atomic E-state index is 11.4. The van der Waals surface area contributed by atoms with E-state index in [1.54, 1.807) is 0 Å². The van der Waals surface area contributed by atoms with E-state index < -0.39 is 0 Å². The molecule has 17 heavy (non-hydrogen) atoms. The molecule has 1 fully saturated rings. The Labute approximate surface area is 105 Å². The number of esters is 1. The van der Waals surface area contributed by atoms with Crippen LogP contribution in [0.1, 0.15) is 53.9 Å². The molecule has 0 aromatic rings. The third-order valence-corrected chi connectivity index (χ3v) is 5.31. The smallest absolute Gasteiger partial charge is 0.330 e. The second kappa shape index (κ2) is 4.83. The minimum absolute atomic E-state index is 0.00653. The van der Waals surface area contributed by atoms with Gasteiger partial charge in [0, 0.05) is 11.5 Å². The van der Waals surface area contributed by atoms with E-state index in [1.165, 1.54) is 12.5 Å². The highest BCUT2D eigenvalue weighted by molar-refractivity contribution is 5.81. The molecule has 2 heteroatoms. The Balaban J connectivity index is 2.94. The molecule has 0 aliphatic heterocycles. The van der Waals surface area contributed by atoms with Gasteiger partial charge in [-0.2, -0.15) is 0 Å². The number of carbonyl (C=O) groups is 1. The van der Waals surface area contributed by atoms with Gasteiger partial charge >= 0.3 is 5.97 Å². The Hall–Kier alpha value is -0.790. The lowest BCUT2D eigenvalue weighted by atomic mass is 9.63. The highest BCUT2D eigenvalue weighted by Gasteiger charge is 2.54. The summed E-state index contributed by atoms with van der Waals surface area (Å²) in [6.07, 6.45) is 4.47. The van der Waals surface area contributed by atoms with Crippen LogP contribution in [0.2, 0.25) is 0 Å². The highest BCUT2D eigenvalue weighted by Crippen LogP contribution is 2.58. The molecule has 0 saturated heterocycles. The van der Waals surface area contributed by atoms with Crippen molar-refractivity contribution < 1.29 is 9.53 Å². The van der Waals surface area contributed by atoms with Gasteiger partial charge in [0.1, 0.15) is 6.10 Å². The van der Waals surface area contributed by atoms with E-state index in [2.05, 4.69) is 41.2 Å². The molecule has 1 aliphatic rings. The number of hydrogen-bond acceptors (Lipinski definition) is 2. The quantitative estimate of drug-likeness (QED) is 0.547. The van der Waals surface area contributed by atoms with E-state index in [0.29, 0.717) is 5.92 Å². The maximum Gasteiger partial charge on any atom is 0.330 e. The van der Waals surface area contributed by atoms with Gasteiger partial charge in [0.2, 0.25) is 0 Å². The fourth-order valence-electron chi connectivity index (χ4n) is 3.19. The van der Waals surface area contributed by atoms with Crippen LogP contribution in [0.25, 0.3) is 0 Å². The van der Waals surface area contributed by atoms with Crippen molar-refractivity contribution in [3.05, 3.63) is 12.7 Å². The zero-order valence-corrected chi connectivity index (χ0v) is 11.9. The van der Waals surface area contributed by atoms with Crippen LogP contribution < -0.4 is 0 Å². The van der Waals surface area contributed by atoms with Crippen molar-refractivity contribution >= 4 is 5.97 Å². The molecule has 0 aromatic carbocycles. The van der Waals surface area contributed by atoms with Crippen molar-refractivity contribution in [3.63, 3.8) is 0 Å². The van der Waals surface area contributed by atoms with Crippen LogP contribution in [0.15, 0.2) is 12.7 Å². The topological polar surface area (TPSA) is 26.3 Å². The van der Waals surface area contributed by atoms with Crippen molar-refractivity contribution in [2.24, 2.45) is 16.7 Å². The summed E-state index contributed by atoms with van der Waals surface area (Å²) in [6, 6.07) is 0. The number of carbonyl (C=O) groups excluding carboxylic acids is 1. The first-order valence-electron chi connectivity index (χ1n) is 6.62. The Morgan fingerprint density at radius 3 is 2.47 bits per heavy atom. The fraction of sp³-hybridized carbons (Fsp3) is 0.800. The predicted octanol–water partition coefficient (Wildman–Crippen LogP) is 3.96. The lowest BCUT2D eigenvalue weighted by Gasteiger charge is -2.45. The number of ether oxygens (including phenoxy) is 1. The summed E-state index contributed by atoms with van der Waals surface area (Å²) in [5, 5.41) is 0. The SMILES string of the molecule is C=CC(=O)OC(CC)C1(C)CCC(C)C1(C)C. The molecule has 2 nitrogen and oxygen atoms in total. The molecular weight excluding hydrogens is 212 g/mol. The van der Waals surface area contributed by atoms with Crippen LogP contribution in [0.4, 0.5) is 0 Å². The van der Waals surface area contributed by atoms with Gasteiger partial charge in [-0.15, -0.1) is 0 Å². The molecule has 0 N–H and O–H groups in total. The summed E-state index contributed by atoms with van der Waals surface area (Å²) in [5.74, 6) is 0.373. The van der Waals surface area contributed by atoms with Crippen LogP contribution >= 0.6 is 0 Å². The first kappa shape index (κ1) is 14.3. The standard InChI is InChI=1S/C15H26O2/c1-7-12(17-13(16)8-2)15(6)10-9-11(3)14(15,4)5/h8,11-12H,2,7,9-10H2,1,3-6H3. The van der Waals surface area contributed by atoms with Gasteiger partial charge in [-0.1, -0.05) is 41.2 Å². The molecule has 1 saturated carbocycles. The lowest BCUT2D eigenvalue weighted by molar-refractivity contribution is -0.155. The molecule has 0 amide bonds. The summed E-state index contributed by atoms with van der Waals surface area (Å²) in [5.41, 5.74) is 0.273. The summed E-state index contributed by atoms with van der Waals surface area (Å²) < 4.78 is 5.56. The maximum absolute atomic E-state index is 11.4. The van der Waals surface area contributed by atoms with Crippen molar-refractivity contribution in [2.75, 3.05) is 0 Å². The average Bonchev–Trinajstić information content (AvgIpc) is 2.50. The predicted molar refractivity (Wildman–Crippen MR) is 70.7 cm³/mol. The third kappa shape index (κ3) is 2.27. The van der Waals surface area contributed by atoms with Crippen LogP contribution in [-0.4, -0.2) is 12.1 Å². The molecule has 0 aromatic heterocycles. The average molecular weight is 238 g/mol. The highest BCUT2D eigenvalue weighted by atomic mass is 16.5. The second-order valence-electron chi connectivity index (χ2n) is 6.12. The summed E-state index contributed by atoms with van der Waals surface area (Å²) in [6.45, 7) is 14.7. The zero-order chi connectivity index (χ0) is 13.3. The van der Waals surface area contributed by atoms with Gasteiger partial charge in [0.05, 0.1) is 0 Å². The van der Waals surface area contributed by atoms with E-state index in [9.17, 15) is 4.79 Å². The Bertz CT molecular complexity index is 306. The molecule has 1 rings (SSSR count). The van der Waals surface area contributed by atoms with E-state index in [4.69, 9.17) is 4.74 Å². The molecule has 0 heterocycles. The lowest BCUT2D eigenvalue weighted by Crippen LogP contribution is -2.44. The van der Waals surface area contributed by atoms with Gasteiger partial charge in [0.25, 0.3) is 0 Å². The van der Waals surface area contributed by atoms with Crippen molar-refractivity contribution in [3.8, 4) is 0 Å². The van der Waals surface area contributed by atoms with Gasteiger partial charge in [-0.3, -0.25) is 0 Å². The summed E-state index contributed by atoms with van der Waals surface area (Å²) in [7, 11) is 0. The Morgan fingerprint density at radius 1 is 1.53 bits per heavy atom. The van der Waals surface area contributed by atoms with E-state index in [1.807, 2.05) is 0 Å². The summed E-state index contributed by atoms with van der Waals surface area (Å²) in [4.78, 5) is 11.4. The fourth-order valence-corrected chi connectivity index (χ4v) is 3.19. The van der Waals surface area contributed by atoms with Gasteiger partial charge in [-0.25, -0.2) is 4.79 Å². The first-order valence-corrected chi connectivity index (χ1v) is 6.62. The number of rotatable bonds is 4. The van der Waals surface area contributed by atoms with Crippen molar-refractivity contribution in [2.45, 2.75) is 60.0 Å². The molecular formula is C15H26O2. The molecule has 98 valence electrons. The van der Waals surface area contributed by atoms with Gasteiger partial charge < -0.3 is 4.74 Å². The largest absolute Gasteiger partial charge is 0.459 e. The Morgan fingerprint density at radius 2 is 2.12 bits per heavy atom. The molecule has 0 radical (unpaired) electrons. The van der Waals surface area contributed by atoms with Crippen molar-refractivity contribution in [1.29, 1.82) is 0 Å². The van der Waals surface area contributed by atoms with Gasteiger partial charge in [0.15, 0.2) is 0 Å². The molecule has 1 aliphatic carbocycles. The second-order valence-corrected chi connectivity index (χ2v) is 6.12. The van der Waals surface area contributed by atoms with E-state index in [-0.39, 0.29) is 22.9 Å². The summed E-state index contributed by atoms with van der Waals surface area (Å²) >= 11 is 0. The minimum atomic E-state index is -0.298. The van der Waals surface area contributed by atoms with Crippen LogP contribution in [0, 0.1) is 16.7 Å².